The Kier molecular flexibility index (Phi) is 26.4. The molecule has 0 bridgehead atoms. The van der Waals surface area contributed by atoms with E-state index >= 15 is 0 Å². The van der Waals surface area contributed by atoms with Crippen molar-refractivity contribution in [3.8, 4) is 0 Å². The number of carbonyl (C=O) groups is 4. The topological polar surface area (TPSA) is 188 Å². The van der Waals surface area contributed by atoms with Crippen LogP contribution in [-0.2, 0) is 19.2 Å². The van der Waals surface area contributed by atoms with E-state index in [1.165, 1.54) is 13.1 Å². The van der Waals surface area contributed by atoms with Crippen molar-refractivity contribution in [2.45, 2.75) is 103 Å². The molecule has 0 saturated carbocycles. The molecule has 0 unspecified atom stereocenters. The number of nitrogens with zero attached hydrogens (tertiary/aromatic N) is 1. The van der Waals surface area contributed by atoms with Crippen molar-refractivity contribution in [3.63, 3.8) is 0 Å². The Morgan fingerprint density at radius 2 is 0.743 bits per heavy atom. The predicted octanol–water partition coefficient (Wildman–Crippen LogP) is 1.68. The maximum absolute atomic E-state index is 10.4. The third kappa shape index (κ3) is 36.5. The Morgan fingerprint density at radius 1 is 0.514 bits per heavy atom. The first-order valence-electron chi connectivity index (χ1n) is 13.2. The molecular formula is C25H52N6O4. The van der Waals surface area contributed by atoms with Gasteiger partial charge in [0, 0.05) is 51.9 Å². The Morgan fingerprint density at radius 3 is 0.914 bits per heavy atom. The van der Waals surface area contributed by atoms with E-state index in [9.17, 15) is 19.2 Å². The van der Waals surface area contributed by atoms with Crippen LogP contribution in [0.1, 0.15) is 103 Å². The van der Waals surface area contributed by atoms with E-state index in [1.54, 1.807) is 0 Å². The van der Waals surface area contributed by atoms with Crippen LogP contribution in [0.2, 0.25) is 0 Å². The standard InChI is InChI=1S/2C10H20N2O2.C5H12N2/c2*11-9(13)7-5-3-1-2-4-6-8-10(12)14;1-7-4-2-6-3-5-7/h2*1-8H2,(H2,11,13)(H2,12,14);6H,2-5H2,1H3. The number of carbonyl (C=O) groups excluding carboxylic acids is 4. The SMILES string of the molecule is CN1CCNCC1.NC(=O)CCCCCCCCC(N)=O.NC(=O)CCCCCCCCC(N)=O. The minimum atomic E-state index is -0.223. The molecule has 35 heavy (non-hydrogen) atoms. The fraction of sp³-hybridized carbons (Fsp3) is 0.840. The molecule has 4 amide bonds. The molecule has 10 nitrogen and oxygen atoms in total. The lowest BCUT2D eigenvalue weighted by Crippen LogP contribution is -2.40. The summed E-state index contributed by atoms with van der Waals surface area (Å²) in [4.78, 5) is 43.9. The number of unbranched alkanes of at least 4 members (excludes halogenated alkanes) is 10. The molecule has 10 heteroatoms. The van der Waals surface area contributed by atoms with Crippen molar-refractivity contribution in [1.29, 1.82) is 0 Å². The number of hydrogen-bond acceptors (Lipinski definition) is 6. The first-order chi connectivity index (χ1) is 16.6. The van der Waals surface area contributed by atoms with E-state index in [4.69, 9.17) is 22.9 Å². The van der Waals surface area contributed by atoms with Crippen LogP contribution in [0.3, 0.4) is 0 Å². The number of nitrogens with one attached hydrogen (secondary N) is 1. The van der Waals surface area contributed by atoms with E-state index in [0.29, 0.717) is 25.7 Å². The molecule has 1 saturated heterocycles. The van der Waals surface area contributed by atoms with Crippen molar-refractivity contribution in [3.05, 3.63) is 0 Å². The van der Waals surface area contributed by atoms with E-state index in [-0.39, 0.29) is 23.6 Å². The number of rotatable bonds is 18. The van der Waals surface area contributed by atoms with Crippen LogP contribution in [-0.4, -0.2) is 61.8 Å². The molecule has 0 aromatic carbocycles. The minimum Gasteiger partial charge on any atom is -0.370 e. The lowest BCUT2D eigenvalue weighted by molar-refractivity contribution is -0.119. The average molecular weight is 501 g/mol. The highest BCUT2D eigenvalue weighted by Crippen LogP contribution is 2.08. The molecule has 1 aliphatic heterocycles. The van der Waals surface area contributed by atoms with Gasteiger partial charge in [0.25, 0.3) is 0 Å². The van der Waals surface area contributed by atoms with Gasteiger partial charge in [0.2, 0.25) is 23.6 Å². The third-order valence-electron chi connectivity index (χ3n) is 5.53. The van der Waals surface area contributed by atoms with Gasteiger partial charge in [-0.15, -0.1) is 0 Å². The number of nitrogens with two attached hydrogens (primary N) is 4. The van der Waals surface area contributed by atoms with Gasteiger partial charge in [-0.05, 0) is 32.7 Å². The predicted molar refractivity (Wildman–Crippen MR) is 141 cm³/mol. The molecule has 0 spiro atoms. The zero-order valence-electron chi connectivity index (χ0n) is 22.0. The van der Waals surface area contributed by atoms with Crippen LogP contribution in [0.5, 0.6) is 0 Å². The zero-order valence-corrected chi connectivity index (χ0v) is 22.0. The van der Waals surface area contributed by atoms with E-state index < -0.39 is 0 Å². The van der Waals surface area contributed by atoms with Gasteiger partial charge < -0.3 is 33.2 Å². The Hall–Kier alpha value is -2.20. The van der Waals surface area contributed by atoms with Crippen LogP contribution in [0.15, 0.2) is 0 Å². The van der Waals surface area contributed by atoms with E-state index in [1.807, 2.05) is 0 Å². The van der Waals surface area contributed by atoms with Crippen molar-refractivity contribution in [1.82, 2.24) is 10.2 Å². The van der Waals surface area contributed by atoms with Crippen LogP contribution in [0.25, 0.3) is 0 Å². The highest BCUT2D eigenvalue weighted by Gasteiger charge is 2.01. The first kappa shape index (κ1) is 35.0. The summed E-state index contributed by atoms with van der Waals surface area (Å²) in [6.07, 6.45) is 14.0. The van der Waals surface area contributed by atoms with Gasteiger partial charge in [0.05, 0.1) is 0 Å². The van der Waals surface area contributed by atoms with Gasteiger partial charge >= 0.3 is 0 Å². The average Bonchev–Trinajstić information content (AvgIpc) is 2.78. The Balaban J connectivity index is 0. The number of primary amides is 4. The highest BCUT2D eigenvalue weighted by molar-refractivity contribution is 5.74. The fourth-order valence-corrected chi connectivity index (χ4v) is 3.39. The molecule has 1 fully saturated rings. The number of hydrogen-bond donors (Lipinski definition) is 5. The summed E-state index contributed by atoms with van der Waals surface area (Å²) < 4.78 is 0. The molecular weight excluding hydrogens is 448 g/mol. The summed E-state index contributed by atoms with van der Waals surface area (Å²) in [5, 5.41) is 3.27. The maximum Gasteiger partial charge on any atom is 0.217 e. The molecule has 9 N–H and O–H groups in total. The Labute approximate surface area is 212 Å². The second-order valence-electron chi connectivity index (χ2n) is 9.16. The summed E-state index contributed by atoms with van der Waals surface area (Å²) in [6, 6.07) is 0. The molecule has 1 heterocycles. The Bertz CT molecular complexity index is 474. The summed E-state index contributed by atoms with van der Waals surface area (Å²) in [7, 11) is 2.15. The zero-order chi connectivity index (χ0) is 26.7. The quantitative estimate of drug-likeness (QED) is 0.178. The van der Waals surface area contributed by atoms with E-state index in [0.717, 1.165) is 90.1 Å². The van der Waals surface area contributed by atoms with Gasteiger partial charge in [0.1, 0.15) is 0 Å². The minimum absolute atomic E-state index is 0.223. The van der Waals surface area contributed by atoms with Gasteiger partial charge in [-0.25, -0.2) is 0 Å². The van der Waals surface area contributed by atoms with Gasteiger partial charge in [-0.2, -0.15) is 0 Å². The molecule has 1 aliphatic rings. The fourth-order valence-electron chi connectivity index (χ4n) is 3.39. The van der Waals surface area contributed by atoms with Crippen molar-refractivity contribution in [2.24, 2.45) is 22.9 Å². The van der Waals surface area contributed by atoms with Crippen molar-refractivity contribution in [2.75, 3.05) is 33.2 Å². The van der Waals surface area contributed by atoms with Crippen molar-refractivity contribution < 1.29 is 19.2 Å². The van der Waals surface area contributed by atoms with Crippen LogP contribution in [0.4, 0.5) is 0 Å². The first-order valence-corrected chi connectivity index (χ1v) is 13.2. The largest absolute Gasteiger partial charge is 0.370 e. The lowest BCUT2D eigenvalue weighted by Gasteiger charge is -2.21. The summed E-state index contributed by atoms with van der Waals surface area (Å²) in [6.45, 7) is 4.74. The smallest absolute Gasteiger partial charge is 0.217 e. The van der Waals surface area contributed by atoms with Gasteiger partial charge in [0.15, 0.2) is 0 Å². The monoisotopic (exact) mass is 500 g/mol. The van der Waals surface area contributed by atoms with Crippen molar-refractivity contribution >= 4 is 23.6 Å². The molecule has 0 radical (unpaired) electrons. The lowest BCUT2D eigenvalue weighted by atomic mass is 10.1. The van der Waals surface area contributed by atoms with E-state index in [2.05, 4.69) is 17.3 Å². The summed E-state index contributed by atoms with van der Waals surface area (Å²) in [5.41, 5.74) is 20.0. The van der Waals surface area contributed by atoms with Crippen LogP contribution >= 0.6 is 0 Å². The maximum atomic E-state index is 10.4. The molecule has 1 rings (SSSR count). The molecule has 0 aliphatic carbocycles. The summed E-state index contributed by atoms with van der Waals surface area (Å²) >= 11 is 0. The normalized spacial score (nSPS) is 13.1. The molecule has 0 aromatic rings. The highest BCUT2D eigenvalue weighted by atomic mass is 16.2. The number of amides is 4. The van der Waals surface area contributed by atoms with Gasteiger partial charge in [-0.3, -0.25) is 19.2 Å². The second-order valence-corrected chi connectivity index (χ2v) is 9.16. The van der Waals surface area contributed by atoms with Gasteiger partial charge in [-0.1, -0.05) is 51.4 Å². The molecule has 206 valence electrons. The molecule has 0 aromatic heterocycles. The second kappa shape index (κ2) is 26.4. The van der Waals surface area contributed by atoms with Crippen LogP contribution < -0.4 is 28.3 Å². The third-order valence-corrected chi connectivity index (χ3v) is 5.53. The molecule has 0 atom stereocenters. The van der Waals surface area contributed by atoms with Crippen LogP contribution in [0, 0.1) is 0 Å². The number of likely N-dealkylation sites (N-methyl/N-ethyl adjacent to an activating group) is 1. The number of piperazine rings is 1. The summed E-state index contributed by atoms with van der Waals surface area (Å²) in [5.74, 6) is -0.894.